The van der Waals surface area contributed by atoms with Gasteiger partial charge in [-0.1, -0.05) is 73.2 Å². The van der Waals surface area contributed by atoms with Crippen LogP contribution >= 0.6 is 12.4 Å². The van der Waals surface area contributed by atoms with Crippen LogP contribution in [0.1, 0.15) is 31.4 Å². The summed E-state index contributed by atoms with van der Waals surface area (Å²) >= 11 is 0. The molecular formula is C22H30ClNO. The summed E-state index contributed by atoms with van der Waals surface area (Å²) in [4.78, 5) is 0. The van der Waals surface area contributed by atoms with Gasteiger partial charge in [0, 0.05) is 19.1 Å². The Kier molecular flexibility index (Phi) is 8.37. The molecule has 2 unspecified atom stereocenters. The molecule has 2 aromatic carbocycles. The van der Waals surface area contributed by atoms with Crippen LogP contribution in [0.3, 0.4) is 0 Å². The van der Waals surface area contributed by atoms with Gasteiger partial charge in [-0.15, -0.1) is 19.0 Å². The number of methoxy groups -OCH3 is 1. The Balaban J connectivity index is 0.00000312. The Labute approximate surface area is 158 Å². The Hall–Kier alpha value is -1.61. The van der Waals surface area contributed by atoms with E-state index in [9.17, 15) is 0 Å². The van der Waals surface area contributed by atoms with Crippen LogP contribution in [0.15, 0.2) is 72.8 Å². The van der Waals surface area contributed by atoms with Crippen molar-refractivity contribution in [1.29, 1.82) is 0 Å². The van der Waals surface area contributed by atoms with Gasteiger partial charge in [-0.3, -0.25) is 0 Å². The van der Waals surface area contributed by atoms with E-state index in [2.05, 4.69) is 74.3 Å². The molecule has 0 fully saturated rings. The Morgan fingerprint density at radius 2 is 1.48 bits per heavy atom. The van der Waals surface area contributed by atoms with E-state index in [4.69, 9.17) is 4.74 Å². The Bertz CT molecular complexity index is 602. The third-order valence-electron chi connectivity index (χ3n) is 4.91. The minimum atomic E-state index is -0.508. The van der Waals surface area contributed by atoms with Gasteiger partial charge in [0.15, 0.2) is 0 Å². The average Bonchev–Trinajstić information content (AvgIpc) is 2.62. The predicted octanol–water partition coefficient (Wildman–Crippen LogP) is 5.19. The second-order valence-corrected chi connectivity index (χ2v) is 6.52. The van der Waals surface area contributed by atoms with Crippen molar-refractivity contribution in [2.45, 2.75) is 31.9 Å². The van der Waals surface area contributed by atoms with Crippen molar-refractivity contribution in [3.63, 3.8) is 0 Å². The molecule has 0 aliphatic rings. The number of ether oxygens (including phenoxy) is 1. The monoisotopic (exact) mass is 359 g/mol. The molecule has 25 heavy (non-hydrogen) atoms. The van der Waals surface area contributed by atoms with Crippen LogP contribution in [0.5, 0.6) is 0 Å². The van der Waals surface area contributed by atoms with Gasteiger partial charge >= 0.3 is 0 Å². The summed E-state index contributed by atoms with van der Waals surface area (Å²) < 4.78 is 6.27. The van der Waals surface area contributed by atoms with E-state index in [1.165, 1.54) is 16.7 Å². The zero-order valence-corrected chi connectivity index (χ0v) is 16.5. The van der Waals surface area contributed by atoms with E-state index in [0.29, 0.717) is 0 Å². The van der Waals surface area contributed by atoms with Crippen LogP contribution in [-0.4, -0.2) is 20.2 Å². The molecule has 3 heteroatoms. The van der Waals surface area contributed by atoms with Crippen LogP contribution in [-0.2, 0) is 10.3 Å². The van der Waals surface area contributed by atoms with Crippen molar-refractivity contribution in [2.75, 3.05) is 14.2 Å². The molecule has 0 radical (unpaired) electrons. The molecule has 2 atom stereocenters. The normalized spacial score (nSPS) is 13.6. The molecule has 2 rings (SSSR count). The standard InChI is InChI=1S/C22H29NO.ClH/c1-17(2)16-21(23-4)18(3)22(24-5,19-12-8-6-9-13-19)20-14-10-7-11-15-20;/h6-15,18,21,23H,1,16H2,2-5H3;1H. The quantitative estimate of drug-likeness (QED) is 0.655. The highest BCUT2D eigenvalue weighted by molar-refractivity contribution is 5.85. The van der Waals surface area contributed by atoms with E-state index in [1.807, 2.05) is 26.3 Å². The fraction of sp³-hybridized carbons (Fsp3) is 0.364. The first-order valence-electron chi connectivity index (χ1n) is 8.54. The maximum Gasteiger partial charge on any atom is 0.122 e. The van der Waals surface area contributed by atoms with Crippen LogP contribution in [0, 0.1) is 5.92 Å². The molecule has 0 spiro atoms. The second-order valence-electron chi connectivity index (χ2n) is 6.52. The van der Waals surface area contributed by atoms with Crippen LogP contribution in [0.4, 0.5) is 0 Å². The largest absolute Gasteiger partial charge is 0.368 e. The molecule has 0 aromatic heterocycles. The summed E-state index contributed by atoms with van der Waals surface area (Å²) in [5.74, 6) is 0.217. The fourth-order valence-corrected chi connectivity index (χ4v) is 3.67. The lowest BCUT2D eigenvalue weighted by Crippen LogP contribution is -2.47. The summed E-state index contributed by atoms with van der Waals surface area (Å²) in [5, 5.41) is 3.47. The van der Waals surface area contributed by atoms with Crippen molar-refractivity contribution in [3.05, 3.63) is 83.9 Å². The lowest BCUT2D eigenvalue weighted by Gasteiger charge is -2.43. The van der Waals surface area contributed by atoms with Crippen molar-refractivity contribution < 1.29 is 4.74 Å². The van der Waals surface area contributed by atoms with Crippen LogP contribution in [0.25, 0.3) is 0 Å². The lowest BCUT2D eigenvalue weighted by atomic mass is 9.72. The van der Waals surface area contributed by atoms with Gasteiger partial charge < -0.3 is 10.1 Å². The Morgan fingerprint density at radius 1 is 1.04 bits per heavy atom. The van der Waals surface area contributed by atoms with E-state index >= 15 is 0 Å². The minimum absolute atomic E-state index is 0. The van der Waals surface area contributed by atoms with Gasteiger partial charge in [-0.05, 0) is 31.5 Å². The zero-order chi connectivity index (χ0) is 17.6. The highest BCUT2D eigenvalue weighted by Gasteiger charge is 2.43. The van der Waals surface area contributed by atoms with E-state index < -0.39 is 5.60 Å². The minimum Gasteiger partial charge on any atom is -0.368 e. The smallest absolute Gasteiger partial charge is 0.122 e. The van der Waals surface area contributed by atoms with E-state index in [0.717, 1.165) is 6.42 Å². The summed E-state index contributed by atoms with van der Waals surface area (Å²) in [7, 11) is 3.82. The molecule has 136 valence electrons. The molecule has 0 aliphatic heterocycles. The summed E-state index contributed by atoms with van der Waals surface area (Å²) in [6, 6.07) is 21.3. The SMILES string of the molecule is C=C(C)CC(NC)C(C)C(OC)(c1ccccc1)c1ccccc1.Cl. The molecule has 1 N–H and O–H groups in total. The predicted molar refractivity (Wildman–Crippen MR) is 109 cm³/mol. The van der Waals surface area contributed by atoms with Crippen molar-refractivity contribution in [1.82, 2.24) is 5.32 Å². The molecular weight excluding hydrogens is 330 g/mol. The average molecular weight is 360 g/mol. The van der Waals surface area contributed by atoms with Gasteiger partial charge in [0.1, 0.15) is 5.60 Å². The second kappa shape index (κ2) is 9.76. The highest BCUT2D eigenvalue weighted by Crippen LogP contribution is 2.42. The number of nitrogens with one attached hydrogen (secondary N) is 1. The zero-order valence-electron chi connectivity index (χ0n) is 15.7. The lowest BCUT2D eigenvalue weighted by molar-refractivity contribution is -0.0353. The number of halogens is 1. The Morgan fingerprint density at radius 3 is 1.80 bits per heavy atom. The summed E-state index contributed by atoms with van der Waals surface area (Å²) in [5.41, 5.74) is 3.01. The van der Waals surface area contributed by atoms with E-state index in [1.54, 1.807) is 0 Å². The highest BCUT2D eigenvalue weighted by atomic mass is 35.5. The van der Waals surface area contributed by atoms with Gasteiger partial charge in [0.05, 0.1) is 0 Å². The first kappa shape index (κ1) is 21.4. The molecule has 0 bridgehead atoms. The number of benzene rings is 2. The summed E-state index contributed by atoms with van der Waals surface area (Å²) in [6.45, 7) is 8.44. The van der Waals surface area contributed by atoms with Crippen molar-refractivity contribution in [2.24, 2.45) is 5.92 Å². The molecule has 0 saturated heterocycles. The topological polar surface area (TPSA) is 21.3 Å². The third-order valence-corrected chi connectivity index (χ3v) is 4.91. The van der Waals surface area contributed by atoms with Crippen LogP contribution < -0.4 is 5.32 Å². The van der Waals surface area contributed by atoms with Crippen LogP contribution in [0.2, 0.25) is 0 Å². The maximum absolute atomic E-state index is 6.27. The number of rotatable bonds is 8. The first-order chi connectivity index (χ1) is 11.6. The first-order valence-corrected chi connectivity index (χ1v) is 8.54. The fourth-order valence-electron chi connectivity index (χ4n) is 3.67. The van der Waals surface area contributed by atoms with Gasteiger partial charge in [-0.2, -0.15) is 0 Å². The maximum atomic E-state index is 6.27. The van der Waals surface area contributed by atoms with Gasteiger partial charge in [-0.25, -0.2) is 0 Å². The number of hydrogen-bond acceptors (Lipinski definition) is 2. The molecule has 0 heterocycles. The molecule has 2 aromatic rings. The molecule has 2 nitrogen and oxygen atoms in total. The molecule has 0 aliphatic carbocycles. The van der Waals surface area contributed by atoms with Crippen molar-refractivity contribution >= 4 is 12.4 Å². The number of hydrogen-bond donors (Lipinski definition) is 1. The van der Waals surface area contributed by atoms with Gasteiger partial charge in [0.2, 0.25) is 0 Å². The van der Waals surface area contributed by atoms with Gasteiger partial charge in [0.25, 0.3) is 0 Å². The third kappa shape index (κ3) is 4.52. The van der Waals surface area contributed by atoms with Crippen molar-refractivity contribution in [3.8, 4) is 0 Å². The van der Waals surface area contributed by atoms with E-state index in [-0.39, 0.29) is 24.4 Å². The molecule has 0 saturated carbocycles. The molecule has 0 amide bonds. The summed E-state index contributed by atoms with van der Waals surface area (Å²) in [6.07, 6.45) is 0.919.